The first kappa shape index (κ1) is 20.7. The van der Waals surface area contributed by atoms with Crippen LogP contribution in [0.1, 0.15) is 18.9 Å². The number of ether oxygens (including phenoxy) is 2. The van der Waals surface area contributed by atoms with E-state index in [9.17, 15) is 14.4 Å². The number of nitrogens with one attached hydrogen (secondary N) is 2. The van der Waals surface area contributed by atoms with Crippen molar-refractivity contribution in [2.75, 3.05) is 12.4 Å². The summed E-state index contributed by atoms with van der Waals surface area (Å²) in [6.45, 7) is 1.81. The lowest BCUT2D eigenvalue weighted by molar-refractivity contribution is -0.155. The van der Waals surface area contributed by atoms with Gasteiger partial charge < -0.3 is 20.1 Å². The van der Waals surface area contributed by atoms with Gasteiger partial charge in [0.15, 0.2) is 6.10 Å². The number of benzene rings is 2. The summed E-state index contributed by atoms with van der Waals surface area (Å²) in [7, 11) is 1.58. The van der Waals surface area contributed by atoms with E-state index in [4.69, 9.17) is 9.47 Å². The van der Waals surface area contributed by atoms with E-state index < -0.39 is 23.2 Å². The van der Waals surface area contributed by atoms with Gasteiger partial charge in [0.2, 0.25) is 5.91 Å². The van der Waals surface area contributed by atoms with Crippen LogP contribution in [0.5, 0.6) is 5.75 Å². The van der Waals surface area contributed by atoms with E-state index in [1.54, 1.807) is 19.2 Å². The molecule has 2 amide bonds. The molecule has 0 bridgehead atoms. The van der Waals surface area contributed by atoms with Crippen molar-refractivity contribution >= 4 is 35.2 Å². The number of thioether (sulfide) groups is 1. The second kappa shape index (κ2) is 9.47. The lowest BCUT2D eigenvalue weighted by atomic mass is 10.2. The predicted octanol–water partition coefficient (Wildman–Crippen LogP) is 2.75. The van der Waals surface area contributed by atoms with Gasteiger partial charge in [-0.25, -0.2) is 0 Å². The fraction of sp³-hybridized carbons (Fsp3) is 0.286. The minimum absolute atomic E-state index is 0.110. The lowest BCUT2D eigenvalue weighted by Crippen LogP contribution is -2.37. The van der Waals surface area contributed by atoms with Crippen molar-refractivity contribution in [1.82, 2.24) is 5.32 Å². The topological polar surface area (TPSA) is 93.7 Å². The van der Waals surface area contributed by atoms with Crippen LogP contribution in [0.25, 0.3) is 0 Å². The molecule has 1 aliphatic heterocycles. The molecule has 29 heavy (non-hydrogen) atoms. The normalized spacial score (nSPS) is 16.2. The van der Waals surface area contributed by atoms with Crippen molar-refractivity contribution < 1.29 is 23.9 Å². The SMILES string of the molecule is COc1ccc(CNC(=O)[C@H](C)OC(=O)C[C@@H]2Sc3ccccc3NC2=O)cc1. The zero-order valence-corrected chi connectivity index (χ0v) is 17.0. The third-order valence-electron chi connectivity index (χ3n) is 4.36. The summed E-state index contributed by atoms with van der Waals surface area (Å²) in [5.74, 6) is -0.513. The minimum Gasteiger partial charge on any atom is -0.497 e. The van der Waals surface area contributed by atoms with Crippen LogP contribution >= 0.6 is 11.8 Å². The van der Waals surface area contributed by atoms with Crippen LogP contribution in [0.2, 0.25) is 0 Å². The lowest BCUT2D eigenvalue weighted by Gasteiger charge is -2.23. The van der Waals surface area contributed by atoms with Crippen molar-refractivity contribution in [1.29, 1.82) is 0 Å². The molecule has 0 radical (unpaired) electrons. The number of anilines is 1. The number of rotatable bonds is 7. The van der Waals surface area contributed by atoms with Crippen LogP contribution in [0.4, 0.5) is 5.69 Å². The average molecular weight is 414 g/mol. The fourth-order valence-corrected chi connectivity index (χ4v) is 3.85. The Labute approximate surface area is 173 Å². The maximum absolute atomic E-state index is 12.2. The molecule has 2 aromatic rings. The highest BCUT2D eigenvalue weighted by Gasteiger charge is 2.30. The molecule has 0 fully saturated rings. The van der Waals surface area contributed by atoms with E-state index in [2.05, 4.69) is 10.6 Å². The van der Waals surface area contributed by atoms with Crippen LogP contribution in [0.15, 0.2) is 53.4 Å². The molecule has 0 spiro atoms. The first-order chi connectivity index (χ1) is 14.0. The van der Waals surface area contributed by atoms with Gasteiger partial charge in [0, 0.05) is 11.4 Å². The molecule has 2 atom stereocenters. The summed E-state index contributed by atoms with van der Waals surface area (Å²) < 4.78 is 10.3. The standard InChI is InChI=1S/C21H22N2O5S/c1-13(20(25)22-12-14-7-9-15(27-2)10-8-14)28-19(24)11-18-21(26)23-16-5-3-4-6-17(16)29-18/h3-10,13,18H,11-12H2,1-2H3,(H,22,25)(H,23,26)/t13-,18-/m0/s1. The number of carbonyl (C=O) groups is 3. The average Bonchev–Trinajstić information content (AvgIpc) is 2.72. The maximum atomic E-state index is 12.2. The van der Waals surface area contributed by atoms with Gasteiger partial charge in [-0.05, 0) is 36.8 Å². The quantitative estimate of drug-likeness (QED) is 0.677. The molecule has 1 aliphatic rings. The summed E-state index contributed by atoms with van der Waals surface area (Å²) in [6, 6.07) is 14.7. The molecule has 0 unspecified atom stereocenters. The zero-order valence-electron chi connectivity index (χ0n) is 16.1. The fourth-order valence-electron chi connectivity index (χ4n) is 2.75. The largest absolute Gasteiger partial charge is 0.497 e. The van der Waals surface area contributed by atoms with Gasteiger partial charge in [-0.3, -0.25) is 14.4 Å². The van der Waals surface area contributed by atoms with E-state index in [-0.39, 0.29) is 12.3 Å². The Morgan fingerprint density at radius 1 is 1.17 bits per heavy atom. The van der Waals surface area contributed by atoms with Crippen LogP contribution in [-0.2, 0) is 25.7 Å². The summed E-state index contributed by atoms with van der Waals surface area (Å²) >= 11 is 1.32. The van der Waals surface area contributed by atoms with E-state index in [1.807, 2.05) is 36.4 Å². The Kier molecular flexibility index (Phi) is 6.77. The molecule has 2 N–H and O–H groups in total. The molecule has 152 valence electrons. The number of amides is 2. The van der Waals surface area contributed by atoms with E-state index in [1.165, 1.54) is 18.7 Å². The van der Waals surface area contributed by atoms with E-state index in [0.29, 0.717) is 6.54 Å². The number of carbonyl (C=O) groups excluding carboxylic acids is 3. The van der Waals surface area contributed by atoms with Gasteiger partial charge in [-0.15, -0.1) is 11.8 Å². The number of methoxy groups -OCH3 is 1. The molecule has 2 aromatic carbocycles. The maximum Gasteiger partial charge on any atom is 0.308 e. The van der Waals surface area contributed by atoms with Crippen molar-refractivity contribution in [2.24, 2.45) is 0 Å². The third kappa shape index (κ3) is 5.51. The highest BCUT2D eigenvalue weighted by atomic mass is 32.2. The number of fused-ring (bicyclic) bond motifs is 1. The van der Waals surface area contributed by atoms with Crippen LogP contribution in [0.3, 0.4) is 0 Å². The molecule has 0 aliphatic carbocycles. The number of para-hydroxylation sites is 1. The number of esters is 1. The summed E-state index contributed by atoms with van der Waals surface area (Å²) in [5.41, 5.74) is 1.63. The zero-order chi connectivity index (χ0) is 20.8. The van der Waals surface area contributed by atoms with Crippen LogP contribution < -0.4 is 15.4 Å². The molecule has 0 saturated carbocycles. The Morgan fingerprint density at radius 2 is 1.90 bits per heavy atom. The molecule has 0 aromatic heterocycles. The molecule has 7 nitrogen and oxygen atoms in total. The van der Waals surface area contributed by atoms with Gasteiger partial charge in [-0.2, -0.15) is 0 Å². The van der Waals surface area contributed by atoms with E-state index >= 15 is 0 Å². The summed E-state index contributed by atoms with van der Waals surface area (Å²) in [4.78, 5) is 37.5. The van der Waals surface area contributed by atoms with Crippen LogP contribution in [0, 0.1) is 0 Å². The van der Waals surface area contributed by atoms with Gasteiger partial charge in [-0.1, -0.05) is 24.3 Å². The second-order valence-electron chi connectivity index (χ2n) is 6.49. The van der Waals surface area contributed by atoms with Gasteiger partial charge in [0.25, 0.3) is 5.91 Å². The van der Waals surface area contributed by atoms with Crippen LogP contribution in [-0.4, -0.2) is 36.2 Å². The molecule has 1 heterocycles. The monoisotopic (exact) mass is 414 g/mol. The molecular formula is C21H22N2O5S. The Hall–Kier alpha value is -3.00. The van der Waals surface area contributed by atoms with Crippen molar-refractivity contribution in [3.8, 4) is 5.75 Å². The third-order valence-corrected chi connectivity index (χ3v) is 5.64. The van der Waals surface area contributed by atoms with Gasteiger partial charge >= 0.3 is 5.97 Å². The molecular weight excluding hydrogens is 392 g/mol. The molecule has 0 saturated heterocycles. The Morgan fingerprint density at radius 3 is 2.62 bits per heavy atom. The van der Waals surface area contributed by atoms with Crippen molar-refractivity contribution in [2.45, 2.75) is 36.1 Å². The number of hydrogen-bond donors (Lipinski definition) is 2. The van der Waals surface area contributed by atoms with E-state index in [0.717, 1.165) is 21.9 Å². The minimum atomic E-state index is -0.954. The second-order valence-corrected chi connectivity index (χ2v) is 7.74. The first-order valence-electron chi connectivity index (χ1n) is 9.13. The molecule has 3 rings (SSSR count). The van der Waals surface area contributed by atoms with Crippen molar-refractivity contribution in [3.05, 3.63) is 54.1 Å². The first-order valence-corrected chi connectivity index (χ1v) is 10.0. The summed E-state index contributed by atoms with van der Waals surface area (Å²) in [5, 5.41) is 4.92. The predicted molar refractivity (Wildman–Crippen MR) is 110 cm³/mol. The highest BCUT2D eigenvalue weighted by molar-refractivity contribution is 8.01. The Balaban J connectivity index is 1.47. The van der Waals surface area contributed by atoms with Crippen molar-refractivity contribution in [3.63, 3.8) is 0 Å². The molecule has 8 heteroatoms. The smallest absolute Gasteiger partial charge is 0.308 e. The summed E-state index contributed by atoms with van der Waals surface area (Å²) in [6.07, 6.45) is -1.06. The highest BCUT2D eigenvalue weighted by Crippen LogP contribution is 2.36. The van der Waals surface area contributed by atoms with Gasteiger partial charge in [0.1, 0.15) is 5.75 Å². The Bertz CT molecular complexity index is 900. The van der Waals surface area contributed by atoms with Gasteiger partial charge in [0.05, 0.1) is 24.5 Å². The number of hydrogen-bond acceptors (Lipinski definition) is 6.